The molecule has 3 N–H and O–H groups in total. The van der Waals surface area contributed by atoms with Crippen LogP contribution in [0, 0.1) is 0 Å². The Kier molecular flexibility index (Phi) is 64.3. The highest BCUT2D eigenvalue weighted by Gasteiger charge is 2.30. The summed E-state index contributed by atoms with van der Waals surface area (Å²) in [5.74, 6) is -2.13. The Morgan fingerprint density at radius 1 is 0.267 bits per heavy atom. The molecule has 0 aromatic heterocycles. The smallest absolute Gasteiger partial charge is 0.462 e. The zero-order valence-corrected chi connectivity index (χ0v) is 59.9. The van der Waals surface area contributed by atoms with E-state index in [9.17, 15) is 43.2 Å². The average molecular weight is 1330 g/mol. The van der Waals surface area contributed by atoms with E-state index >= 15 is 0 Å². The molecule has 0 amide bonds. The second-order valence-corrected chi connectivity index (χ2v) is 28.5. The first kappa shape index (κ1) is 88.1. The molecular formula is C71H138O17P2. The third-order valence-electron chi connectivity index (χ3n) is 16.6. The zero-order chi connectivity index (χ0) is 66.1. The van der Waals surface area contributed by atoms with Crippen LogP contribution in [-0.2, 0) is 65.4 Å². The summed E-state index contributed by atoms with van der Waals surface area (Å²) in [6.45, 7) is 4.86. The average Bonchev–Trinajstić information content (AvgIpc) is 3.29. The Morgan fingerprint density at radius 2 is 0.444 bits per heavy atom. The van der Waals surface area contributed by atoms with E-state index in [1.165, 1.54) is 180 Å². The van der Waals surface area contributed by atoms with Crippen LogP contribution in [0.4, 0.5) is 0 Å². The molecule has 0 spiro atoms. The number of phosphoric ester groups is 2. The minimum Gasteiger partial charge on any atom is -0.462 e. The predicted octanol–water partition coefficient (Wildman–Crippen LogP) is 20.7. The van der Waals surface area contributed by atoms with E-state index in [4.69, 9.17) is 37.0 Å². The molecule has 17 nitrogen and oxygen atoms in total. The van der Waals surface area contributed by atoms with Gasteiger partial charge in [0, 0.05) is 25.7 Å². The van der Waals surface area contributed by atoms with Gasteiger partial charge in [0.25, 0.3) is 0 Å². The zero-order valence-electron chi connectivity index (χ0n) is 58.1. The number of phosphoric acid groups is 2. The van der Waals surface area contributed by atoms with Crippen LogP contribution in [-0.4, -0.2) is 96.7 Å². The first-order valence-electron chi connectivity index (χ1n) is 37.3. The van der Waals surface area contributed by atoms with E-state index in [0.29, 0.717) is 25.7 Å². The number of carbonyl (C=O) groups is 4. The first-order chi connectivity index (χ1) is 43.7. The summed E-state index contributed by atoms with van der Waals surface area (Å²) in [5.41, 5.74) is 0. The van der Waals surface area contributed by atoms with Crippen LogP contribution in [0.15, 0.2) is 0 Å². The summed E-state index contributed by atoms with van der Waals surface area (Å²) in [4.78, 5) is 72.3. The number of aliphatic hydroxyl groups excluding tert-OH is 1. The SMILES string of the molecule is CCCCCCCCCCCCCCCCCCCCCCC(=O)O[C@H](COC(=O)CCCCCCCCCCCCCCCCCC)COP(=O)(O)OC[C@@H](O)COP(=O)(O)OC[C@@H](COC(=O)CCCCCCCCC)OC(=O)CCCCCCCCC. The van der Waals surface area contributed by atoms with Crippen molar-refractivity contribution in [1.29, 1.82) is 0 Å². The summed E-state index contributed by atoms with van der Waals surface area (Å²) in [6.07, 6.45) is 54.6. The van der Waals surface area contributed by atoms with Crippen LogP contribution in [0.3, 0.4) is 0 Å². The number of aliphatic hydroxyl groups is 1. The lowest BCUT2D eigenvalue weighted by atomic mass is 10.0. The van der Waals surface area contributed by atoms with Gasteiger partial charge in [0.15, 0.2) is 12.2 Å². The number of hydrogen-bond donors (Lipinski definition) is 3. The lowest BCUT2D eigenvalue weighted by Crippen LogP contribution is -2.30. The number of carbonyl (C=O) groups excluding carboxylic acids is 4. The topological polar surface area (TPSA) is 237 Å². The van der Waals surface area contributed by atoms with E-state index in [0.717, 1.165) is 116 Å². The highest BCUT2D eigenvalue weighted by atomic mass is 31.2. The van der Waals surface area contributed by atoms with Crippen molar-refractivity contribution in [2.75, 3.05) is 39.6 Å². The Bertz CT molecular complexity index is 1720. The van der Waals surface area contributed by atoms with E-state index < -0.39 is 97.5 Å². The Hall–Kier alpha value is -1.94. The first-order valence-corrected chi connectivity index (χ1v) is 40.3. The van der Waals surface area contributed by atoms with Crippen LogP contribution in [0.5, 0.6) is 0 Å². The maximum Gasteiger partial charge on any atom is 0.472 e. The molecule has 0 fully saturated rings. The largest absolute Gasteiger partial charge is 0.472 e. The fraction of sp³-hybridized carbons (Fsp3) is 0.944. The molecule has 534 valence electrons. The molecule has 0 saturated carbocycles. The molecule has 0 aliphatic carbocycles. The fourth-order valence-corrected chi connectivity index (χ4v) is 12.4. The van der Waals surface area contributed by atoms with E-state index in [2.05, 4.69) is 27.7 Å². The fourth-order valence-electron chi connectivity index (χ4n) is 10.9. The van der Waals surface area contributed by atoms with Crippen LogP contribution in [0.1, 0.15) is 374 Å². The van der Waals surface area contributed by atoms with Crippen LogP contribution in [0.2, 0.25) is 0 Å². The van der Waals surface area contributed by atoms with Gasteiger partial charge in [0.1, 0.15) is 19.3 Å². The van der Waals surface area contributed by atoms with Crippen molar-refractivity contribution >= 4 is 39.5 Å². The van der Waals surface area contributed by atoms with Gasteiger partial charge < -0.3 is 33.8 Å². The third-order valence-corrected chi connectivity index (χ3v) is 18.5. The van der Waals surface area contributed by atoms with Gasteiger partial charge in [-0.1, -0.05) is 323 Å². The van der Waals surface area contributed by atoms with Crippen LogP contribution < -0.4 is 0 Å². The number of unbranched alkanes of at least 4 members (excludes halogenated alkanes) is 46. The molecule has 19 heteroatoms. The highest BCUT2D eigenvalue weighted by Crippen LogP contribution is 2.45. The van der Waals surface area contributed by atoms with Gasteiger partial charge in [-0.05, 0) is 25.7 Å². The van der Waals surface area contributed by atoms with E-state index in [1.807, 2.05) is 0 Å². The lowest BCUT2D eigenvalue weighted by molar-refractivity contribution is -0.161. The molecule has 2 unspecified atom stereocenters. The van der Waals surface area contributed by atoms with Crippen molar-refractivity contribution in [2.24, 2.45) is 0 Å². The lowest BCUT2D eigenvalue weighted by Gasteiger charge is -2.21. The molecule has 0 aromatic carbocycles. The second kappa shape index (κ2) is 65.7. The van der Waals surface area contributed by atoms with E-state index in [-0.39, 0.29) is 25.7 Å². The van der Waals surface area contributed by atoms with Gasteiger partial charge in [-0.15, -0.1) is 0 Å². The minimum atomic E-state index is -4.95. The molecule has 0 saturated heterocycles. The van der Waals surface area contributed by atoms with Crippen LogP contribution in [0.25, 0.3) is 0 Å². The molecule has 0 radical (unpaired) electrons. The Morgan fingerprint density at radius 3 is 0.656 bits per heavy atom. The monoisotopic (exact) mass is 1320 g/mol. The third kappa shape index (κ3) is 64.8. The second-order valence-electron chi connectivity index (χ2n) is 25.6. The summed E-state index contributed by atoms with van der Waals surface area (Å²) in [5, 5.41) is 10.6. The molecule has 0 aromatic rings. The van der Waals surface area contributed by atoms with Crippen molar-refractivity contribution in [2.45, 2.75) is 393 Å². The number of ether oxygens (including phenoxy) is 4. The molecule has 0 aliphatic heterocycles. The quantitative estimate of drug-likeness (QED) is 0.0222. The van der Waals surface area contributed by atoms with Crippen molar-refractivity contribution in [3.63, 3.8) is 0 Å². The summed E-state index contributed by atoms with van der Waals surface area (Å²) in [6, 6.07) is 0. The van der Waals surface area contributed by atoms with Gasteiger partial charge in [-0.3, -0.25) is 37.3 Å². The Labute approximate surface area is 549 Å². The Balaban J connectivity index is 5.12. The van der Waals surface area contributed by atoms with Crippen molar-refractivity contribution < 1.29 is 80.2 Å². The molecule has 0 bridgehead atoms. The maximum absolute atomic E-state index is 13.0. The van der Waals surface area contributed by atoms with Gasteiger partial charge in [-0.2, -0.15) is 0 Å². The minimum absolute atomic E-state index is 0.104. The summed E-state index contributed by atoms with van der Waals surface area (Å²) >= 11 is 0. The standard InChI is InChI=1S/C71H138O17P2/c1-5-9-13-17-21-23-25-27-29-31-32-33-34-36-38-40-42-46-50-54-58-71(76)88-67(62-82-69(74)56-52-48-45-41-39-37-35-30-28-26-24-22-18-14-10-6-2)64-86-90(79,80)84-60-65(72)59-83-89(77,78)85-63-66(87-70(75)57-53-49-44-20-16-12-8-4)61-81-68(73)55-51-47-43-19-15-11-7-3/h65-67,72H,5-64H2,1-4H3,(H,77,78)(H,79,80)/t65-,66+,67+/m0/s1. The predicted molar refractivity (Wildman–Crippen MR) is 363 cm³/mol. The molecule has 90 heavy (non-hydrogen) atoms. The number of rotatable bonds is 72. The number of esters is 4. The molecule has 0 rings (SSSR count). The molecule has 0 aliphatic rings. The van der Waals surface area contributed by atoms with Crippen LogP contribution >= 0.6 is 15.6 Å². The van der Waals surface area contributed by atoms with Gasteiger partial charge in [0.05, 0.1) is 26.4 Å². The van der Waals surface area contributed by atoms with E-state index in [1.54, 1.807) is 0 Å². The summed E-state index contributed by atoms with van der Waals surface area (Å²) < 4.78 is 68.1. The van der Waals surface area contributed by atoms with Crippen molar-refractivity contribution in [3.05, 3.63) is 0 Å². The normalized spacial score (nSPS) is 14.0. The van der Waals surface area contributed by atoms with Crippen molar-refractivity contribution in [3.8, 4) is 0 Å². The van der Waals surface area contributed by atoms with Gasteiger partial charge in [-0.25, -0.2) is 9.13 Å². The van der Waals surface area contributed by atoms with Gasteiger partial charge in [0.2, 0.25) is 0 Å². The van der Waals surface area contributed by atoms with Gasteiger partial charge >= 0.3 is 39.5 Å². The van der Waals surface area contributed by atoms with Crippen molar-refractivity contribution in [1.82, 2.24) is 0 Å². The highest BCUT2D eigenvalue weighted by molar-refractivity contribution is 7.47. The number of hydrogen-bond acceptors (Lipinski definition) is 15. The summed E-state index contributed by atoms with van der Waals surface area (Å²) in [7, 11) is -9.89. The molecule has 5 atom stereocenters. The maximum atomic E-state index is 13.0. The molecule has 0 heterocycles. The molecular weight excluding hydrogens is 1190 g/mol.